The van der Waals surface area contributed by atoms with Crippen molar-refractivity contribution in [2.75, 3.05) is 0 Å². The van der Waals surface area contributed by atoms with E-state index in [9.17, 15) is 20.1 Å². The number of benzene rings is 3. The van der Waals surface area contributed by atoms with Gasteiger partial charge in [-0.05, 0) is 34.9 Å². The van der Waals surface area contributed by atoms with E-state index in [1.54, 1.807) is 0 Å². The van der Waals surface area contributed by atoms with Crippen LogP contribution in [-0.4, -0.2) is 21.2 Å². The zero-order chi connectivity index (χ0) is 17.8. The minimum atomic E-state index is -0.710. The second-order valence-corrected chi connectivity index (χ2v) is 5.58. The van der Waals surface area contributed by atoms with Gasteiger partial charge in [-0.1, -0.05) is 48.5 Å². The van der Waals surface area contributed by atoms with Crippen molar-refractivity contribution in [3.63, 3.8) is 0 Å². The Balaban J connectivity index is 1.74. The molecule has 1 amide bonds. The molecular formula is C20H17NO4. The van der Waals surface area contributed by atoms with Gasteiger partial charge in [0.1, 0.15) is 0 Å². The number of nitrogens with one attached hydrogen (secondary N) is 1. The number of amides is 1. The van der Waals surface area contributed by atoms with Gasteiger partial charge >= 0.3 is 0 Å². The van der Waals surface area contributed by atoms with E-state index in [1.807, 2.05) is 54.6 Å². The molecule has 0 unspecified atom stereocenters. The molecule has 3 rings (SSSR count). The molecule has 126 valence electrons. The van der Waals surface area contributed by atoms with Crippen molar-refractivity contribution in [1.82, 2.24) is 5.32 Å². The zero-order valence-electron chi connectivity index (χ0n) is 13.3. The summed E-state index contributed by atoms with van der Waals surface area (Å²) in [5.41, 5.74) is 2.92. The molecule has 0 bridgehead atoms. The molecule has 0 heterocycles. The zero-order valence-corrected chi connectivity index (χ0v) is 13.3. The molecule has 25 heavy (non-hydrogen) atoms. The molecule has 5 heteroatoms. The van der Waals surface area contributed by atoms with Crippen LogP contribution in [0.4, 0.5) is 0 Å². The van der Waals surface area contributed by atoms with Gasteiger partial charge in [-0.25, -0.2) is 0 Å². The molecule has 0 saturated carbocycles. The average Bonchev–Trinajstić information content (AvgIpc) is 2.65. The standard InChI is InChI=1S/C20H17NO4/c22-17-10-9-16(18(23)19(17)24)20(25)21-12-13-5-4-8-15(11-13)14-6-2-1-3-7-14/h1-11,22-24H,12H2,(H,21,25). The van der Waals surface area contributed by atoms with Gasteiger partial charge < -0.3 is 20.6 Å². The third-order valence-electron chi connectivity index (χ3n) is 3.86. The number of hydrogen-bond acceptors (Lipinski definition) is 4. The molecule has 5 nitrogen and oxygen atoms in total. The highest BCUT2D eigenvalue weighted by Gasteiger charge is 2.16. The third-order valence-corrected chi connectivity index (χ3v) is 3.86. The van der Waals surface area contributed by atoms with E-state index in [4.69, 9.17) is 0 Å². The second-order valence-electron chi connectivity index (χ2n) is 5.58. The Morgan fingerprint density at radius 1 is 0.800 bits per heavy atom. The Labute approximate surface area is 144 Å². The van der Waals surface area contributed by atoms with Crippen LogP contribution >= 0.6 is 0 Å². The maximum absolute atomic E-state index is 12.2. The number of aromatic hydroxyl groups is 3. The predicted octanol–water partition coefficient (Wildman–Crippen LogP) is 3.40. The van der Waals surface area contributed by atoms with Crippen LogP contribution < -0.4 is 5.32 Å². The van der Waals surface area contributed by atoms with Gasteiger partial charge in [0, 0.05) is 6.54 Å². The highest BCUT2D eigenvalue weighted by molar-refractivity contribution is 5.98. The van der Waals surface area contributed by atoms with Gasteiger partial charge in [0.2, 0.25) is 5.75 Å². The van der Waals surface area contributed by atoms with E-state index >= 15 is 0 Å². The number of rotatable bonds is 4. The Hall–Kier alpha value is -3.47. The maximum atomic E-state index is 12.2. The van der Waals surface area contributed by atoms with Crippen molar-refractivity contribution in [3.05, 3.63) is 77.9 Å². The summed E-state index contributed by atoms with van der Waals surface area (Å²) in [6.45, 7) is 0.264. The van der Waals surface area contributed by atoms with E-state index in [1.165, 1.54) is 6.07 Å². The first-order valence-electron chi connectivity index (χ1n) is 7.72. The molecule has 3 aromatic rings. The second kappa shape index (κ2) is 6.97. The summed E-state index contributed by atoms with van der Waals surface area (Å²) in [7, 11) is 0. The SMILES string of the molecule is O=C(NCc1cccc(-c2ccccc2)c1)c1ccc(O)c(O)c1O. The van der Waals surface area contributed by atoms with Crippen LogP contribution in [0.25, 0.3) is 11.1 Å². The quantitative estimate of drug-likeness (QED) is 0.550. The van der Waals surface area contributed by atoms with Crippen LogP contribution in [0.1, 0.15) is 15.9 Å². The fourth-order valence-corrected chi connectivity index (χ4v) is 2.52. The Morgan fingerprint density at radius 2 is 1.52 bits per heavy atom. The lowest BCUT2D eigenvalue weighted by Crippen LogP contribution is -2.22. The molecule has 0 aliphatic heterocycles. The van der Waals surface area contributed by atoms with Crippen LogP contribution in [-0.2, 0) is 6.54 Å². The van der Waals surface area contributed by atoms with Crippen LogP contribution in [0.2, 0.25) is 0 Å². The first-order valence-corrected chi connectivity index (χ1v) is 7.72. The van der Waals surface area contributed by atoms with Crippen molar-refractivity contribution in [2.45, 2.75) is 6.54 Å². The predicted molar refractivity (Wildman–Crippen MR) is 94.5 cm³/mol. The molecule has 0 saturated heterocycles. The highest BCUT2D eigenvalue weighted by Crippen LogP contribution is 2.36. The van der Waals surface area contributed by atoms with Crippen molar-refractivity contribution in [1.29, 1.82) is 0 Å². The first kappa shape index (κ1) is 16.4. The number of phenols is 3. The largest absolute Gasteiger partial charge is 0.504 e. The lowest BCUT2D eigenvalue weighted by atomic mass is 10.0. The monoisotopic (exact) mass is 335 g/mol. The summed E-state index contributed by atoms with van der Waals surface area (Å²) in [6.07, 6.45) is 0. The van der Waals surface area contributed by atoms with Crippen LogP contribution in [0, 0.1) is 0 Å². The van der Waals surface area contributed by atoms with Crippen LogP contribution in [0.3, 0.4) is 0 Å². The molecular weight excluding hydrogens is 318 g/mol. The molecule has 4 N–H and O–H groups in total. The van der Waals surface area contributed by atoms with Crippen molar-refractivity contribution in [3.8, 4) is 28.4 Å². The highest BCUT2D eigenvalue weighted by atomic mass is 16.3. The van der Waals surface area contributed by atoms with Gasteiger partial charge in [-0.2, -0.15) is 0 Å². The fraction of sp³-hybridized carbons (Fsp3) is 0.0500. The maximum Gasteiger partial charge on any atom is 0.255 e. The number of phenolic OH excluding ortho intramolecular Hbond substituents is 3. The average molecular weight is 335 g/mol. The summed E-state index contributed by atoms with van der Waals surface area (Å²) in [4.78, 5) is 12.2. The Morgan fingerprint density at radius 3 is 2.28 bits per heavy atom. The molecule has 0 aliphatic rings. The van der Waals surface area contributed by atoms with E-state index in [0.29, 0.717) is 0 Å². The van der Waals surface area contributed by atoms with E-state index < -0.39 is 23.2 Å². The summed E-state index contributed by atoms with van der Waals surface area (Å²) in [6, 6.07) is 20.1. The smallest absolute Gasteiger partial charge is 0.255 e. The van der Waals surface area contributed by atoms with E-state index in [-0.39, 0.29) is 12.1 Å². The fourth-order valence-electron chi connectivity index (χ4n) is 2.52. The molecule has 0 aliphatic carbocycles. The summed E-state index contributed by atoms with van der Waals surface area (Å²) in [5, 5.41) is 31.3. The third kappa shape index (κ3) is 3.55. The van der Waals surface area contributed by atoms with Gasteiger partial charge in [0.05, 0.1) is 5.56 Å². The van der Waals surface area contributed by atoms with Crippen molar-refractivity contribution >= 4 is 5.91 Å². The van der Waals surface area contributed by atoms with Gasteiger partial charge in [-0.15, -0.1) is 0 Å². The lowest BCUT2D eigenvalue weighted by Gasteiger charge is -2.10. The summed E-state index contributed by atoms with van der Waals surface area (Å²) >= 11 is 0. The minimum absolute atomic E-state index is 0.102. The van der Waals surface area contributed by atoms with Crippen LogP contribution in [0.5, 0.6) is 17.2 Å². The van der Waals surface area contributed by atoms with Crippen LogP contribution in [0.15, 0.2) is 66.7 Å². The molecule has 0 fully saturated rings. The van der Waals surface area contributed by atoms with Crippen molar-refractivity contribution in [2.24, 2.45) is 0 Å². The topological polar surface area (TPSA) is 89.8 Å². The van der Waals surface area contributed by atoms with Gasteiger partial charge in [-0.3, -0.25) is 4.79 Å². The van der Waals surface area contributed by atoms with E-state index in [0.717, 1.165) is 22.8 Å². The Bertz CT molecular complexity index is 907. The van der Waals surface area contributed by atoms with E-state index in [2.05, 4.69) is 5.32 Å². The molecule has 0 aromatic heterocycles. The lowest BCUT2D eigenvalue weighted by molar-refractivity contribution is 0.0947. The number of hydrogen-bond donors (Lipinski definition) is 4. The molecule has 3 aromatic carbocycles. The molecule has 0 radical (unpaired) electrons. The normalized spacial score (nSPS) is 10.4. The summed E-state index contributed by atoms with van der Waals surface area (Å²) < 4.78 is 0. The summed E-state index contributed by atoms with van der Waals surface area (Å²) in [5.74, 6) is -2.38. The first-order chi connectivity index (χ1) is 12.1. The van der Waals surface area contributed by atoms with Crippen molar-refractivity contribution < 1.29 is 20.1 Å². The Kier molecular flexibility index (Phi) is 4.57. The van der Waals surface area contributed by atoms with Gasteiger partial charge in [0.15, 0.2) is 11.5 Å². The molecule has 0 spiro atoms. The number of carbonyl (C=O) groups is 1. The minimum Gasteiger partial charge on any atom is -0.504 e. The molecule has 0 atom stereocenters. The number of carbonyl (C=O) groups excluding carboxylic acids is 1. The van der Waals surface area contributed by atoms with Gasteiger partial charge in [0.25, 0.3) is 5.91 Å².